The van der Waals surface area contributed by atoms with Crippen molar-refractivity contribution in [2.45, 2.75) is 44.0 Å². The third kappa shape index (κ3) is 3.82. The molecule has 1 saturated heterocycles. The number of ether oxygens (including phenoxy) is 4. The van der Waals surface area contributed by atoms with E-state index < -0.39 is 5.79 Å². The predicted octanol–water partition coefficient (Wildman–Crippen LogP) is 2.66. The first kappa shape index (κ1) is 16.5. The number of hydrogen-bond acceptors (Lipinski definition) is 5. The number of amides is 2. The molecule has 0 radical (unpaired) electrons. The molecule has 0 unspecified atom stereocenters. The summed E-state index contributed by atoms with van der Waals surface area (Å²) in [5, 5.41) is 5.62. The summed E-state index contributed by atoms with van der Waals surface area (Å²) in [5.74, 6) is 0.948. The van der Waals surface area contributed by atoms with Crippen molar-refractivity contribution in [3.05, 3.63) is 18.2 Å². The minimum Gasteiger partial charge on any atom is -0.448 e. The van der Waals surface area contributed by atoms with E-state index in [-0.39, 0.29) is 12.1 Å². The van der Waals surface area contributed by atoms with Crippen LogP contribution < -0.4 is 20.1 Å². The first-order valence-corrected chi connectivity index (χ1v) is 8.99. The number of rotatable bonds is 3. The topological polar surface area (TPSA) is 78.1 Å². The maximum absolute atomic E-state index is 12.1. The molecule has 2 N–H and O–H groups in total. The van der Waals surface area contributed by atoms with E-state index in [0.717, 1.165) is 31.4 Å². The van der Waals surface area contributed by atoms with Gasteiger partial charge in [0.25, 0.3) is 5.79 Å². The number of anilines is 1. The summed E-state index contributed by atoms with van der Waals surface area (Å²) < 4.78 is 22.9. The number of benzene rings is 1. The lowest BCUT2D eigenvalue weighted by Crippen LogP contribution is -2.41. The van der Waals surface area contributed by atoms with Crippen LogP contribution in [-0.2, 0) is 9.47 Å². The molecule has 1 spiro atoms. The Morgan fingerprint density at radius 3 is 2.76 bits per heavy atom. The van der Waals surface area contributed by atoms with E-state index in [1.165, 1.54) is 6.42 Å². The fourth-order valence-electron chi connectivity index (χ4n) is 3.50. The molecule has 2 aliphatic heterocycles. The van der Waals surface area contributed by atoms with Crippen LogP contribution in [0.25, 0.3) is 0 Å². The lowest BCUT2D eigenvalue weighted by molar-refractivity contribution is -0.105. The van der Waals surface area contributed by atoms with Gasteiger partial charge in [-0.3, -0.25) is 0 Å². The van der Waals surface area contributed by atoms with Crippen molar-refractivity contribution in [3.63, 3.8) is 0 Å². The largest absolute Gasteiger partial charge is 0.448 e. The minimum atomic E-state index is -0.500. The number of carbonyl (C=O) groups is 1. The van der Waals surface area contributed by atoms with Gasteiger partial charge in [-0.25, -0.2) is 4.79 Å². The molecule has 2 amide bonds. The van der Waals surface area contributed by atoms with Crippen LogP contribution in [0.1, 0.15) is 32.1 Å². The number of nitrogens with one attached hydrogen (secondary N) is 2. The normalized spacial score (nSPS) is 24.1. The Labute approximate surface area is 147 Å². The molecule has 1 aromatic rings. The monoisotopic (exact) mass is 348 g/mol. The van der Waals surface area contributed by atoms with Crippen LogP contribution in [0.3, 0.4) is 0 Å². The van der Waals surface area contributed by atoms with Gasteiger partial charge in [0, 0.05) is 31.1 Å². The summed E-state index contributed by atoms with van der Waals surface area (Å²) in [6.45, 7) is 2.10. The molecule has 7 heteroatoms. The molecule has 1 aromatic carbocycles. The van der Waals surface area contributed by atoms with Crippen LogP contribution in [0, 0.1) is 0 Å². The van der Waals surface area contributed by atoms with E-state index in [1.807, 2.05) is 18.2 Å². The van der Waals surface area contributed by atoms with Gasteiger partial charge in [0.1, 0.15) is 0 Å². The Morgan fingerprint density at radius 1 is 1.12 bits per heavy atom. The molecule has 136 valence electrons. The average molecular weight is 348 g/mol. The number of urea groups is 1. The van der Waals surface area contributed by atoms with Crippen molar-refractivity contribution in [1.29, 1.82) is 0 Å². The Balaban J connectivity index is 1.32. The van der Waals surface area contributed by atoms with Crippen molar-refractivity contribution in [3.8, 4) is 11.5 Å². The smallest absolute Gasteiger partial charge is 0.319 e. The molecule has 2 heterocycles. The third-order valence-electron chi connectivity index (χ3n) is 4.78. The summed E-state index contributed by atoms with van der Waals surface area (Å²) in [7, 11) is 0. The van der Waals surface area contributed by atoms with E-state index in [1.54, 1.807) is 0 Å². The predicted molar refractivity (Wildman–Crippen MR) is 91.1 cm³/mol. The summed E-state index contributed by atoms with van der Waals surface area (Å²) in [4.78, 5) is 12.1. The Bertz CT molecular complexity index is 624. The molecular weight excluding hydrogens is 324 g/mol. The zero-order valence-corrected chi connectivity index (χ0v) is 14.2. The molecular formula is C18H24N2O5. The van der Waals surface area contributed by atoms with Crippen molar-refractivity contribution in [1.82, 2.24) is 5.32 Å². The van der Waals surface area contributed by atoms with E-state index in [2.05, 4.69) is 10.6 Å². The Morgan fingerprint density at radius 2 is 1.96 bits per heavy atom. The number of carbonyl (C=O) groups excluding carboxylic acids is 1. The first-order valence-electron chi connectivity index (χ1n) is 8.99. The van der Waals surface area contributed by atoms with Gasteiger partial charge in [-0.2, -0.15) is 0 Å². The minimum absolute atomic E-state index is 0.0950. The van der Waals surface area contributed by atoms with Crippen LogP contribution in [0.15, 0.2) is 18.2 Å². The van der Waals surface area contributed by atoms with Gasteiger partial charge < -0.3 is 29.6 Å². The fraction of sp³-hybridized carbons (Fsp3) is 0.611. The number of fused-ring (bicyclic) bond motifs is 1. The summed E-state index contributed by atoms with van der Waals surface area (Å²) in [6, 6.07) is 5.22. The van der Waals surface area contributed by atoms with E-state index >= 15 is 0 Å². The van der Waals surface area contributed by atoms with Crippen molar-refractivity contribution in [2.24, 2.45) is 0 Å². The molecule has 25 heavy (non-hydrogen) atoms. The average Bonchev–Trinajstić information content (AvgIpc) is 2.98. The van der Waals surface area contributed by atoms with Gasteiger partial charge in [-0.1, -0.05) is 6.42 Å². The highest BCUT2D eigenvalue weighted by atomic mass is 16.7. The van der Waals surface area contributed by atoms with Crippen LogP contribution in [0.5, 0.6) is 11.5 Å². The summed E-state index contributed by atoms with van der Waals surface area (Å²) in [6.07, 6.45) is 5.20. The quantitative estimate of drug-likeness (QED) is 0.878. The van der Waals surface area contributed by atoms with Crippen molar-refractivity contribution in [2.75, 3.05) is 31.7 Å². The van der Waals surface area contributed by atoms with Gasteiger partial charge in [-0.05, 0) is 25.0 Å². The standard InChI is InChI=1S/C18H24N2O5/c21-17(19-11-14-12-22-8-9-23-14)20-13-4-5-15-16(10-13)25-18(24-15)6-2-1-3-7-18/h4-5,10,14H,1-3,6-9,11-12H2,(H2,19,20,21)/t14-/m0/s1. The highest BCUT2D eigenvalue weighted by Crippen LogP contribution is 2.46. The van der Waals surface area contributed by atoms with Gasteiger partial charge >= 0.3 is 6.03 Å². The van der Waals surface area contributed by atoms with Gasteiger partial charge in [-0.15, -0.1) is 0 Å². The second kappa shape index (κ2) is 7.09. The first-order chi connectivity index (χ1) is 12.2. The SMILES string of the molecule is O=C(NC[C@H]1COCCO1)Nc1ccc2c(c1)OC1(CCCCC1)O2. The second-order valence-corrected chi connectivity index (χ2v) is 6.74. The molecule has 1 aliphatic carbocycles. The second-order valence-electron chi connectivity index (χ2n) is 6.74. The summed E-state index contributed by atoms with van der Waals surface area (Å²) in [5.41, 5.74) is 0.675. The van der Waals surface area contributed by atoms with Gasteiger partial charge in [0.2, 0.25) is 0 Å². The Hall–Kier alpha value is -1.99. The van der Waals surface area contributed by atoms with Gasteiger partial charge in [0.15, 0.2) is 11.5 Å². The van der Waals surface area contributed by atoms with E-state index in [9.17, 15) is 4.79 Å². The third-order valence-corrected chi connectivity index (χ3v) is 4.78. The molecule has 4 rings (SSSR count). The van der Waals surface area contributed by atoms with E-state index in [4.69, 9.17) is 18.9 Å². The lowest BCUT2D eigenvalue weighted by atomic mass is 9.94. The van der Waals surface area contributed by atoms with Crippen LogP contribution >= 0.6 is 0 Å². The van der Waals surface area contributed by atoms with Crippen molar-refractivity contribution < 1.29 is 23.7 Å². The number of hydrogen-bond donors (Lipinski definition) is 2. The highest BCUT2D eigenvalue weighted by Gasteiger charge is 2.42. The maximum atomic E-state index is 12.1. The van der Waals surface area contributed by atoms with Crippen molar-refractivity contribution >= 4 is 11.7 Å². The van der Waals surface area contributed by atoms with E-state index in [0.29, 0.717) is 37.8 Å². The fourth-order valence-corrected chi connectivity index (χ4v) is 3.50. The molecule has 1 atom stereocenters. The zero-order valence-electron chi connectivity index (χ0n) is 14.2. The highest BCUT2D eigenvalue weighted by molar-refractivity contribution is 5.89. The Kier molecular flexibility index (Phi) is 4.67. The lowest BCUT2D eigenvalue weighted by Gasteiger charge is -2.31. The van der Waals surface area contributed by atoms with Crippen LogP contribution in [0.2, 0.25) is 0 Å². The zero-order chi connectivity index (χ0) is 17.1. The molecule has 2 fully saturated rings. The van der Waals surface area contributed by atoms with Crippen LogP contribution in [-0.4, -0.2) is 44.3 Å². The molecule has 0 bridgehead atoms. The summed E-state index contributed by atoms with van der Waals surface area (Å²) >= 11 is 0. The molecule has 7 nitrogen and oxygen atoms in total. The van der Waals surface area contributed by atoms with Gasteiger partial charge in [0.05, 0.1) is 25.9 Å². The molecule has 1 saturated carbocycles. The maximum Gasteiger partial charge on any atom is 0.319 e. The van der Waals surface area contributed by atoms with Crippen LogP contribution in [0.4, 0.5) is 10.5 Å². The molecule has 3 aliphatic rings. The molecule has 0 aromatic heterocycles.